The molecule has 7 nitrogen and oxygen atoms in total. The third-order valence-corrected chi connectivity index (χ3v) is 6.75. The summed E-state index contributed by atoms with van der Waals surface area (Å²) < 4.78 is 31.2. The van der Waals surface area contributed by atoms with Crippen LogP contribution in [0.2, 0.25) is 0 Å². The number of amides is 1. The first-order valence-corrected chi connectivity index (χ1v) is 10.6. The third kappa shape index (κ3) is 5.62. The van der Waals surface area contributed by atoms with Crippen LogP contribution in [-0.4, -0.2) is 44.3 Å². The molecule has 1 aromatic carbocycles. The molecule has 0 fully saturated rings. The van der Waals surface area contributed by atoms with E-state index in [1.54, 1.807) is 13.8 Å². The summed E-state index contributed by atoms with van der Waals surface area (Å²) in [5, 5.41) is 4.55. The molecule has 1 amide bonds. The molecule has 0 bridgehead atoms. The fourth-order valence-corrected chi connectivity index (χ4v) is 4.15. The number of nitrogens with zero attached hydrogens (tertiary/aromatic N) is 1. The van der Waals surface area contributed by atoms with Gasteiger partial charge in [-0.3, -0.25) is 4.79 Å². The van der Waals surface area contributed by atoms with Gasteiger partial charge in [0.2, 0.25) is 10.0 Å². The van der Waals surface area contributed by atoms with Crippen molar-refractivity contribution in [2.24, 2.45) is 0 Å². The van der Waals surface area contributed by atoms with E-state index in [9.17, 15) is 18.0 Å². The first-order valence-electron chi connectivity index (χ1n) is 8.26. The molecule has 0 atom stereocenters. The third-order valence-electron chi connectivity index (χ3n) is 3.85. The van der Waals surface area contributed by atoms with Crippen LogP contribution in [0.15, 0.2) is 46.7 Å². The van der Waals surface area contributed by atoms with Crippen LogP contribution < -0.4 is 5.32 Å². The number of hydrogen-bond donors (Lipinski definition) is 1. The van der Waals surface area contributed by atoms with Crippen LogP contribution in [0.3, 0.4) is 0 Å². The van der Waals surface area contributed by atoms with E-state index in [0.29, 0.717) is 6.54 Å². The van der Waals surface area contributed by atoms with Gasteiger partial charge in [-0.25, -0.2) is 13.2 Å². The first-order chi connectivity index (χ1) is 12.7. The Morgan fingerprint density at radius 3 is 2.59 bits per heavy atom. The van der Waals surface area contributed by atoms with Gasteiger partial charge in [-0.1, -0.05) is 12.1 Å². The van der Waals surface area contributed by atoms with E-state index < -0.39 is 28.5 Å². The van der Waals surface area contributed by atoms with Crippen LogP contribution in [0, 0.1) is 0 Å². The number of esters is 1. The van der Waals surface area contributed by atoms with Crippen molar-refractivity contribution < 1.29 is 22.7 Å². The number of nitrogens with one attached hydrogen (secondary N) is 1. The van der Waals surface area contributed by atoms with Crippen molar-refractivity contribution in [3.05, 3.63) is 52.2 Å². The van der Waals surface area contributed by atoms with Crippen molar-refractivity contribution in [1.29, 1.82) is 0 Å². The number of rotatable bonds is 8. The zero-order chi connectivity index (χ0) is 20.0. The second-order valence-electron chi connectivity index (χ2n) is 6.08. The monoisotopic (exact) mass is 410 g/mol. The van der Waals surface area contributed by atoms with Gasteiger partial charge in [-0.2, -0.15) is 4.31 Å². The van der Waals surface area contributed by atoms with Crippen molar-refractivity contribution in [2.75, 3.05) is 13.7 Å². The predicted octanol–water partition coefficient (Wildman–Crippen LogP) is 2.25. The van der Waals surface area contributed by atoms with Crippen LogP contribution in [-0.2, 0) is 26.1 Å². The van der Waals surface area contributed by atoms with Gasteiger partial charge in [0.15, 0.2) is 6.61 Å². The molecule has 146 valence electrons. The Balaban J connectivity index is 1.97. The average molecular weight is 411 g/mol. The highest BCUT2D eigenvalue weighted by Crippen LogP contribution is 2.18. The molecule has 0 radical (unpaired) electrons. The van der Waals surface area contributed by atoms with E-state index in [1.807, 2.05) is 17.5 Å². The number of sulfonamides is 1. The van der Waals surface area contributed by atoms with Crippen LogP contribution in [0.25, 0.3) is 0 Å². The summed E-state index contributed by atoms with van der Waals surface area (Å²) >= 11 is 1.51. The van der Waals surface area contributed by atoms with Crippen molar-refractivity contribution in [2.45, 2.75) is 31.3 Å². The summed E-state index contributed by atoms with van der Waals surface area (Å²) in [4.78, 5) is 24.9. The second-order valence-corrected chi connectivity index (χ2v) is 9.10. The van der Waals surface area contributed by atoms with E-state index >= 15 is 0 Å². The molecule has 0 aliphatic rings. The lowest BCUT2D eigenvalue weighted by Gasteiger charge is -2.21. The van der Waals surface area contributed by atoms with E-state index in [1.165, 1.54) is 47.0 Å². The number of carbonyl (C=O) groups is 2. The Morgan fingerprint density at radius 1 is 1.22 bits per heavy atom. The maximum Gasteiger partial charge on any atom is 0.338 e. The van der Waals surface area contributed by atoms with E-state index in [0.717, 1.165) is 4.88 Å². The van der Waals surface area contributed by atoms with Gasteiger partial charge in [-0.05, 0) is 43.5 Å². The van der Waals surface area contributed by atoms with E-state index in [-0.39, 0.29) is 16.5 Å². The summed E-state index contributed by atoms with van der Waals surface area (Å²) in [6.07, 6.45) is 0. The molecule has 0 unspecified atom stereocenters. The Bertz CT molecular complexity index is 892. The fourth-order valence-electron chi connectivity index (χ4n) is 2.09. The molecule has 2 aromatic rings. The normalized spacial score (nSPS) is 11.6. The minimum absolute atomic E-state index is 0.00435. The minimum atomic E-state index is -3.71. The van der Waals surface area contributed by atoms with Crippen LogP contribution in [0.1, 0.15) is 29.1 Å². The second kappa shape index (κ2) is 9.12. The van der Waals surface area contributed by atoms with E-state index in [4.69, 9.17) is 4.74 Å². The summed E-state index contributed by atoms with van der Waals surface area (Å²) in [6.45, 7) is 3.44. The molecule has 0 saturated carbocycles. The Morgan fingerprint density at radius 2 is 1.96 bits per heavy atom. The lowest BCUT2D eigenvalue weighted by Crippen LogP contribution is -2.33. The minimum Gasteiger partial charge on any atom is -0.452 e. The summed E-state index contributed by atoms with van der Waals surface area (Å²) in [7, 11) is -2.24. The van der Waals surface area contributed by atoms with Crippen molar-refractivity contribution in [3.8, 4) is 0 Å². The molecule has 0 aliphatic carbocycles. The molecule has 1 aromatic heterocycles. The molecule has 0 aliphatic heterocycles. The fraction of sp³-hybridized carbons (Fsp3) is 0.333. The summed E-state index contributed by atoms with van der Waals surface area (Å²) in [5.74, 6) is -1.19. The van der Waals surface area contributed by atoms with Crippen LogP contribution in [0.5, 0.6) is 0 Å². The van der Waals surface area contributed by atoms with Gasteiger partial charge in [0.1, 0.15) is 0 Å². The predicted molar refractivity (Wildman–Crippen MR) is 103 cm³/mol. The standard InChI is InChI=1S/C18H22N2O5S2/c1-13(2)20(3)27(23,24)16-8-4-6-14(10-16)18(22)25-12-17(21)19-11-15-7-5-9-26-15/h4-10,13H,11-12H2,1-3H3,(H,19,21). The van der Waals surface area contributed by atoms with E-state index in [2.05, 4.69) is 5.32 Å². The molecule has 2 rings (SSSR count). The number of hydrogen-bond acceptors (Lipinski definition) is 6. The SMILES string of the molecule is CC(C)N(C)S(=O)(=O)c1cccc(C(=O)OCC(=O)NCc2cccs2)c1. The molecule has 0 spiro atoms. The zero-order valence-corrected chi connectivity index (χ0v) is 17.0. The van der Waals surface area contributed by atoms with Crippen molar-refractivity contribution >= 4 is 33.2 Å². The van der Waals surface area contributed by atoms with Crippen molar-refractivity contribution in [1.82, 2.24) is 9.62 Å². The molecule has 0 saturated heterocycles. The Hall–Kier alpha value is -2.23. The van der Waals surface area contributed by atoms with Crippen molar-refractivity contribution in [3.63, 3.8) is 0 Å². The van der Waals surface area contributed by atoms with Crippen LogP contribution in [0.4, 0.5) is 0 Å². The van der Waals surface area contributed by atoms with Gasteiger partial charge < -0.3 is 10.1 Å². The molecule has 1 N–H and O–H groups in total. The molecule has 1 heterocycles. The highest BCUT2D eigenvalue weighted by molar-refractivity contribution is 7.89. The maximum absolute atomic E-state index is 12.5. The van der Waals surface area contributed by atoms with Gasteiger partial charge in [0.25, 0.3) is 5.91 Å². The molecule has 9 heteroatoms. The molecular formula is C18H22N2O5S2. The lowest BCUT2D eigenvalue weighted by molar-refractivity contribution is -0.124. The number of carbonyl (C=O) groups excluding carboxylic acids is 2. The molecular weight excluding hydrogens is 388 g/mol. The highest BCUT2D eigenvalue weighted by Gasteiger charge is 2.24. The topological polar surface area (TPSA) is 92.8 Å². The number of benzene rings is 1. The quantitative estimate of drug-likeness (QED) is 0.674. The number of thiophene rings is 1. The van der Waals surface area contributed by atoms with Gasteiger partial charge >= 0.3 is 5.97 Å². The Kier molecular flexibility index (Phi) is 7.11. The largest absolute Gasteiger partial charge is 0.452 e. The van der Waals surface area contributed by atoms with Gasteiger partial charge in [0, 0.05) is 18.0 Å². The highest BCUT2D eigenvalue weighted by atomic mass is 32.2. The summed E-state index contributed by atoms with van der Waals surface area (Å²) in [6, 6.07) is 9.12. The maximum atomic E-state index is 12.5. The zero-order valence-electron chi connectivity index (χ0n) is 15.3. The summed E-state index contributed by atoms with van der Waals surface area (Å²) in [5.41, 5.74) is 0.0688. The lowest BCUT2D eigenvalue weighted by atomic mass is 10.2. The smallest absolute Gasteiger partial charge is 0.338 e. The average Bonchev–Trinajstić information content (AvgIpc) is 3.17. The van der Waals surface area contributed by atoms with Gasteiger partial charge in [-0.15, -0.1) is 11.3 Å². The number of ether oxygens (including phenoxy) is 1. The Labute approximate surface area is 163 Å². The first kappa shape index (κ1) is 21.1. The molecule has 27 heavy (non-hydrogen) atoms. The van der Waals surface area contributed by atoms with Crippen LogP contribution >= 0.6 is 11.3 Å². The van der Waals surface area contributed by atoms with Gasteiger partial charge in [0.05, 0.1) is 17.0 Å².